The second kappa shape index (κ2) is 2.87. The molecular weight excluding hydrogens is 176 g/mol. The Balaban J connectivity index is 2.43. The van der Waals surface area contributed by atoms with Crippen LogP contribution in [-0.4, -0.2) is 12.6 Å². The lowest BCUT2D eigenvalue weighted by atomic mass is 10.2. The van der Waals surface area contributed by atoms with Gasteiger partial charge in [0.25, 0.3) is 0 Å². The van der Waals surface area contributed by atoms with Gasteiger partial charge in [-0.1, -0.05) is 0 Å². The Morgan fingerprint density at radius 3 is 2.85 bits per heavy atom. The smallest absolute Gasteiger partial charge is 0.162 e. The largest absolute Gasteiger partial charge is 0.487 e. The minimum absolute atomic E-state index is 0.0163. The van der Waals surface area contributed by atoms with E-state index in [2.05, 4.69) is 5.32 Å². The van der Waals surface area contributed by atoms with Crippen molar-refractivity contribution >= 4 is 5.69 Å². The van der Waals surface area contributed by atoms with Crippen molar-refractivity contribution in [3.63, 3.8) is 0 Å². The van der Waals surface area contributed by atoms with Crippen molar-refractivity contribution in [1.29, 1.82) is 0 Å². The maximum atomic E-state index is 12.8. The number of hydrogen-bond donors (Lipinski definition) is 1. The first kappa shape index (κ1) is 8.29. The first-order valence-electron chi connectivity index (χ1n) is 4.06. The molecule has 1 aromatic rings. The van der Waals surface area contributed by atoms with Crippen LogP contribution >= 0.6 is 0 Å². The topological polar surface area (TPSA) is 21.3 Å². The average Bonchev–Trinajstić information content (AvgIpc) is 2.08. The normalized spacial score (nSPS) is 20.1. The van der Waals surface area contributed by atoms with Crippen LogP contribution in [-0.2, 0) is 0 Å². The van der Waals surface area contributed by atoms with Crippen molar-refractivity contribution in [2.45, 2.75) is 13.0 Å². The summed E-state index contributed by atoms with van der Waals surface area (Å²) in [6.45, 7) is 2.47. The number of nitrogens with one attached hydrogen (secondary N) is 1. The van der Waals surface area contributed by atoms with E-state index in [1.54, 1.807) is 0 Å². The molecule has 1 atom stereocenters. The SMILES string of the molecule is C[C@@H]1CNc2cc(F)c(F)cc2O1. The van der Waals surface area contributed by atoms with Gasteiger partial charge in [-0.25, -0.2) is 8.78 Å². The van der Waals surface area contributed by atoms with Crippen molar-refractivity contribution in [2.75, 3.05) is 11.9 Å². The second-order valence-electron chi connectivity index (χ2n) is 3.07. The summed E-state index contributed by atoms with van der Waals surface area (Å²) < 4.78 is 30.8. The number of benzene rings is 1. The second-order valence-corrected chi connectivity index (χ2v) is 3.07. The summed E-state index contributed by atoms with van der Waals surface area (Å²) >= 11 is 0. The molecule has 0 spiro atoms. The summed E-state index contributed by atoms with van der Waals surface area (Å²) in [5.74, 6) is -1.36. The lowest BCUT2D eigenvalue weighted by Gasteiger charge is -2.24. The molecule has 2 rings (SSSR count). The fourth-order valence-corrected chi connectivity index (χ4v) is 1.28. The summed E-state index contributed by atoms with van der Waals surface area (Å²) in [4.78, 5) is 0. The number of ether oxygens (including phenoxy) is 1. The van der Waals surface area contributed by atoms with Gasteiger partial charge in [-0.05, 0) is 6.92 Å². The molecule has 0 saturated heterocycles. The monoisotopic (exact) mass is 185 g/mol. The molecule has 70 valence electrons. The molecule has 0 aliphatic carbocycles. The molecule has 13 heavy (non-hydrogen) atoms. The fraction of sp³-hybridized carbons (Fsp3) is 0.333. The van der Waals surface area contributed by atoms with E-state index in [1.165, 1.54) is 0 Å². The number of fused-ring (bicyclic) bond motifs is 1. The van der Waals surface area contributed by atoms with Gasteiger partial charge >= 0.3 is 0 Å². The van der Waals surface area contributed by atoms with Gasteiger partial charge in [-0.3, -0.25) is 0 Å². The third kappa shape index (κ3) is 1.43. The molecule has 0 unspecified atom stereocenters. The van der Waals surface area contributed by atoms with Crippen LogP contribution in [0.5, 0.6) is 5.75 Å². The molecule has 4 heteroatoms. The van der Waals surface area contributed by atoms with Crippen molar-refractivity contribution in [1.82, 2.24) is 0 Å². The zero-order valence-corrected chi connectivity index (χ0v) is 7.10. The minimum atomic E-state index is -0.880. The summed E-state index contributed by atoms with van der Waals surface area (Å²) in [6, 6.07) is 2.17. The van der Waals surface area contributed by atoms with Crippen LogP contribution in [0.25, 0.3) is 0 Å². The molecule has 1 aliphatic rings. The number of hydrogen-bond acceptors (Lipinski definition) is 2. The van der Waals surface area contributed by atoms with Gasteiger partial charge < -0.3 is 10.1 Å². The lowest BCUT2D eigenvalue weighted by Crippen LogP contribution is -2.27. The zero-order chi connectivity index (χ0) is 9.42. The van der Waals surface area contributed by atoms with E-state index in [0.29, 0.717) is 18.0 Å². The predicted octanol–water partition coefficient (Wildman–Crippen LogP) is 2.16. The molecule has 1 aromatic carbocycles. The highest BCUT2D eigenvalue weighted by atomic mass is 19.2. The fourth-order valence-electron chi connectivity index (χ4n) is 1.28. The van der Waals surface area contributed by atoms with E-state index in [9.17, 15) is 8.78 Å². The Morgan fingerprint density at radius 1 is 1.38 bits per heavy atom. The highest BCUT2D eigenvalue weighted by Gasteiger charge is 2.17. The highest BCUT2D eigenvalue weighted by molar-refractivity contribution is 5.58. The Bertz CT molecular complexity index is 341. The number of halogens is 2. The molecule has 1 aliphatic heterocycles. The number of rotatable bonds is 0. The van der Waals surface area contributed by atoms with Gasteiger partial charge in [-0.2, -0.15) is 0 Å². The predicted molar refractivity (Wildman–Crippen MR) is 44.9 cm³/mol. The van der Waals surface area contributed by atoms with Crippen LogP contribution < -0.4 is 10.1 Å². The van der Waals surface area contributed by atoms with Crippen molar-refractivity contribution in [2.24, 2.45) is 0 Å². The van der Waals surface area contributed by atoms with Crippen LogP contribution in [0.2, 0.25) is 0 Å². The minimum Gasteiger partial charge on any atom is -0.487 e. The van der Waals surface area contributed by atoms with Crippen LogP contribution in [0.4, 0.5) is 14.5 Å². The first-order chi connectivity index (χ1) is 6.16. The van der Waals surface area contributed by atoms with Gasteiger partial charge in [0.2, 0.25) is 0 Å². The van der Waals surface area contributed by atoms with Gasteiger partial charge in [-0.15, -0.1) is 0 Å². The molecule has 0 bridgehead atoms. The maximum absolute atomic E-state index is 12.8. The number of anilines is 1. The molecule has 1 N–H and O–H groups in total. The van der Waals surface area contributed by atoms with E-state index < -0.39 is 11.6 Å². The third-order valence-electron chi connectivity index (χ3n) is 1.93. The summed E-state index contributed by atoms with van der Waals surface area (Å²) in [5, 5.41) is 2.95. The molecule has 2 nitrogen and oxygen atoms in total. The van der Waals surface area contributed by atoms with E-state index in [0.717, 1.165) is 12.1 Å². The molecule has 0 fully saturated rings. The van der Waals surface area contributed by atoms with Gasteiger partial charge in [0, 0.05) is 12.1 Å². The Kier molecular flexibility index (Phi) is 1.83. The van der Waals surface area contributed by atoms with Crippen LogP contribution in [0.3, 0.4) is 0 Å². The maximum Gasteiger partial charge on any atom is 0.162 e. The quantitative estimate of drug-likeness (QED) is 0.668. The van der Waals surface area contributed by atoms with Gasteiger partial charge in [0.05, 0.1) is 12.2 Å². The Hall–Kier alpha value is -1.32. The lowest BCUT2D eigenvalue weighted by molar-refractivity contribution is 0.224. The van der Waals surface area contributed by atoms with Crippen molar-refractivity contribution in [3.05, 3.63) is 23.8 Å². The standard InChI is InChI=1S/C9H9F2NO/c1-5-4-12-8-2-6(10)7(11)3-9(8)13-5/h2-3,5,12H,4H2,1H3/t5-/m1/s1. The third-order valence-corrected chi connectivity index (χ3v) is 1.93. The summed E-state index contributed by atoms with van der Waals surface area (Å²) in [7, 11) is 0. The molecule has 0 radical (unpaired) electrons. The summed E-state index contributed by atoms with van der Waals surface area (Å²) in [5.41, 5.74) is 0.511. The van der Waals surface area contributed by atoms with E-state index in [1.807, 2.05) is 6.92 Å². The molecule has 0 saturated carbocycles. The Morgan fingerprint density at radius 2 is 2.08 bits per heavy atom. The van der Waals surface area contributed by atoms with E-state index >= 15 is 0 Å². The van der Waals surface area contributed by atoms with Crippen LogP contribution in [0.1, 0.15) is 6.92 Å². The van der Waals surface area contributed by atoms with E-state index in [-0.39, 0.29) is 6.10 Å². The van der Waals surface area contributed by atoms with Gasteiger partial charge in [0.1, 0.15) is 11.9 Å². The van der Waals surface area contributed by atoms with Crippen LogP contribution in [0, 0.1) is 11.6 Å². The average molecular weight is 185 g/mol. The molecule has 0 amide bonds. The summed E-state index contributed by atoms with van der Waals surface area (Å²) in [6.07, 6.45) is -0.0163. The van der Waals surface area contributed by atoms with E-state index in [4.69, 9.17) is 4.74 Å². The van der Waals surface area contributed by atoms with Crippen molar-refractivity contribution < 1.29 is 13.5 Å². The zero-order valence-electron chi connectivity index (χ0n) is 7.10. The highest BCUT2D eigenvalue weighted by Crippen LogP contribution is 2.30. The van der Waals surface area contributed by atoms with Gasteiger partial charge in [0.15, 0.2) is 11.6 Å². The van der Waals surface area contributed by atoms with Crippen molar-refractivity contribution in [3.8, 4) is 5.75 Å². The molecule has 1 heterocycles. The Labute approximate surface area is 74.5 Å². The van der Waals surface area contributed by atoms with Crippen LogP contribution in [0.15, 0.2) is 12.1 Å². The first-order valence-corrected chi connectivity index (χ1v) is 4.06. The molecular formula is C9H9F2NO. The molecule has 0 aromatic heterocycles.